The first-order valence-corrected chi connectivity index (χ1v) is 9.31. The average molecular weight is 423 g/mol. The van der Waals surface area contributed by atoms with Crippen molar-refractivity contribution in [3.8, 4) is 0 Å². The Labute approximate surface area is 157 Å². The smallest absolute Gasteiger partial charge is 0.188 e. The molecule has 0 spiro atoms. The molecule has 1 atom stereocenters. The first-order chi connectivity index (χ1) is 11.6. The van der Waals surface area contributed by atoms with E-state index in [1.54, 1.807) is 22.8 Å². The number of Topliss-reactive ketones (excluding diaryl/α,β-unsaturated/α-hetero) is 1. The maximum atomic E-state index is 12.9. The standard InChI is InChI=1S/C17H13BrClN3OS/c18-13-3-1-12(2-4-13)17(23)16(22-11-20-10-21-22)9-24-15-7-5-14(19)6-8-15/h1-8,10-11,16H,9H2/t16-/m1/s1. The number of nitrogens with zero attached hydrogens (tertiary/aromatic N) is 3. The first kappa shape index (κ1) is 17.2. The quantitative estimate of drug-likeness (QED) is 0.418. The lowest BCUT2D eigenvalue weighted by atomic mass is 10.1. The third kappa shape index (κ3) is 4.26. The Morgan fingerprint density at radius 1 is 1.17 bits per heavy atom. The number of carbonyl (C=O) groups excluding carboxylic acids is 1. The highest BCUT2D eigenvalue weighted by Crippen LogP contribution is 2.26. The Morgan fingerprint density at radius 2 is 1.88 bits per heavy atom. The fourth-order valence-electron chi connectivity index (χ4n) is 2.16. The molecule has 0 aliphatic heterocycles. The van der Waals surface area contributed by atoms with Crippen molar-refractivity contribution >= 4 is 45.1 Å². The lowest BCUT2D eigenvalue weighted by Crippen LogP contribution is -2.22. The van der Waals surface area contributed by atoms with Crippen molar-refractivity contribution in [2.45, 2.75) is 10.9 Å². The number of ketones is 1. The molecule has 0 bridgehead atoms. The minimum Gasteiger partial charge on any atom is -0.292 e. The highest BCUT2D eigenvalue weighted by molar-refractivity contribution is 9.10. The number of thioether (sulfide) groups is 1. The molecule has 1 heterocycles. The zero-order chi connectivity index (χ0) is 16.9. The maximum absolute atomic E-state index is 12.9. The van der Waals surface area contributed by atoms with Crippen molar-refractivity contribution in [1.29, 1.82) is 0 Å². The van der Waals surface area contributed by atoms with Gasteiger partial charge in [-0.1, -0.05) is 39.7 Å². The van der Waals surface area contributed by atoms with Crippen LogP contribution in [0.2, 0.25) is 5.02 Å². The Morgan fingerprint density at radius 3 is 2.50 bits per heavy atom. The number of hydrogen-bond donors (Lipinski definition) is 0. The van der Waals surface area contributed by atoms with Crippen molar-refractivity contribution in [3.63, 3.8) is 0 Å². The molecule has 2 aromatic carbocycles. The molecule has 0 saturated carbocycles. The van der Waals surface area contributed by atoms with Crippen LogP contribution in [0.25, 0.3) is 0 Å². The molecule has 0 unspecified atom stereocenters. The predicted octanol–water partition coefficient (Wildman–Crippen LogP) is 4.91. The second-order valence-electron chi connectivity index (χ2n) is 5.03. The average Bonchev–Trinajstić information content (AvgIpc) is 3.11. The third-order valence-corrected chi connectivity index (χ3v) is 5.28. The van der Waals surface area contributed by atoms with Gasteiger partial charge in [0, 0.05) is 25.7 Å². The summed E-state index contributed by atoms with van der Waals surface area (Å²) in [5, 5.41) is 4.84. The minimum absolute atomic E-state index is 0.00876. The molecule has 1 aromatic heterocycles. The number of carbonyl (C=O) groups is 1. The SMILES string of the molecule is O=C(c1ccc(Br)cc1)[C@@H](CSc1ccc(Cl)cc1)n1cncn1. The molecular weight excluding hydrogens is 410 g/mol. The van der Waals surface area contributed by atoms with Gasteiger partial charge in [-0.15, -0.1) is 11.8 Å². The van der Waals surface area contributed by atoms with Crippen LogP contribution in [-0.2, 0) is 0 Å². The van der Waals surface area contributed by atoms with E-state index in [1.165, 1.54) is 6.33 Å². The molecular formula is C17H13BrClN3OS. The summed E-state index contributed by atoms with van der Waals surface area (Å²) >= 11 is 10.9. The van der Waals surface area contributed by atoms with Gasteiger partial charge in [0.1, 0.15) is 18.7 Å². The van der Waals surface area contributed by atoms with Crippen LogP contribution in [-0.4, -0.2) is 26.3 Å². The number of rotatable bonds is 6. The molecule has 0 radical (unpaired) electrons. The summed E-state index contributed by atoms with van der Waals surface area (Å²) in [6.07, 6.45) is 3.01. The Balaban J connectivity index is 1.80. The summed E-state index contributed by atoms with van der Waals surface area (Å²) in [5.74, 6) is 0.564. The molecule has 0 N–H and O–H groups in total. The fraction of sp³-hybridized carbons (Fsp3) is 0.118. The monoisotopic (exact) mass is 421 g/mol. The summed E-state index contributed by atoms with van der Waals surface area (Å²) in [7, 11) is 0. The normalized spacial score (nSPS) is 12.1. The number of aromatic nitrogens is 3. The van der Waals surface area contributed by atoms with Gasteiger partial charge in [0.25, 0.3) is 0 Å². The highest BCUT2D eigenvalue weighted by atomic mass is 79.9. The minimum atomic E-state index is -0.422. The van der Waals surface area contributed by atoms with Crippen LogP contribution in [0.4, 0.5) is 0 Å². The van der Waals surface area contributed by atoms with Crippen LogP contribution in [0, 0.1) is 0 Å². The van der Waals surface area contributed by atoms with Gasteiger partial charge in [-0.2, -0.15) is 5.10 Å². The summed E-state index contributed by atoms with van der Waals surface area (Å²) in [6, 6.07) is 14.5. The van der Waals surface area contributed by atoms with Gasteiger partial charge < -0.3 is 0 Å². The zero-order valence-corrected chi connectivity index (χ0v) is 15.6. The molecule has 3 aromatic rings. The molecule has 0 fully saturated rings. The van der Waals surface area contributed by atoms with Gasteiger partial charge in [0.2, 0.25) is 0 Å². The molecule has 24 heavy (non-hydrogen) atoms. The number of hydrogen-bond acceptors (Lipinski definition) is 4. The second kappa shape index (κ2) is 7.96. The topological polar surface area (TPSA) is 47.8 Å². The second-order valence-corrected chi connectivity index (χ2v) is 7.47. The van der Waals surface area contributed by atoms with Crippen LogP contribution >= 0.6 is 39.3 Å². The Kier molecular flexibility index (Phi) is 5.71. The number of halogens is 2. The van der Waals surface area contributed by atoms with Gasteiger partial charge in [0.05, 0.1) is 0 Å². The van der Waals surface area contributed by atoms with E-state index in [-0.39, 0.29) is 5.78 Å². The van der Waals surface area contributed by atoms with E-state index in [9.17, 15) is 4.79 Å². The van der Waals surface area contributed by atoms with Crippen molar-refractivity contribution in [2.75, 3.05) is 5.75 Å². The van der Waals surface area contributed by atoms with E-state index < -0.39 is 6.04 Å². The number of benzene rings is 2. The van der Waals surface area contributed by atoms with Crippen LogP contribution < -0.4 is 0 Å². The largest absolute Gasteiger partial charge is 0.292 e. The lowest BCUT2D eigenvalue weighted by Gasteiger charge is -2.16. The summed E-state index contributed by atoms with van der Waals surface area (Å²) < 4.78 is 2.54. The van der Waals surface area contributed by atoms with Crippen molar-refractivity contribution in [1.82, 2.24) is 14.8 Å². The van der Waals surface area contributed by atoms with Crippen molar-refractivity contribution < 1.29 is 4.79 Å². The van der Waals surface area contributed by atoms with E-state index in [0.29, 0.717) is 16.3 Å². The van der Waals surface area contributed by atoms with E-state index >= 15 is 0 Å². The van der Waals surface area contributed by atoms with Crippen molar-refractivity contribution in [2.24, 2.45) is 0 Å². The van der Waals surface area contributed by atoms with Gasteiger partial charge in [-0.25, -0.2) is 9.67 Å². The van der Waals surface area contributed by atoms with Crippen molar-refractivity contribution in [3.05, 3.63) is 76.2 Å². The van der Waals surface area contributed by atoms with E-state index in [0.717, 1.165) is 9.37 Å². The van der Waals surface area contributed by atoms with E-state index in [1.807, 2.05) is 48.5 Å². The van der Waals surface area contributed by atoms with Crippen LogP contribution in [0.1, 0.15) is 16.4 Å². The Bertz CT molecular complexity index is 807. The Hall–Kier alpha value is -1.63. The van der Waals surface area contributed by atoms with Gasteiger partial charge in [-0.05, 0) is 36.4 Å². The molecule has 7 heteroatoms. The van der Waals surface area contributed by atoms with E-state index in [2.05, 4.69) is 26.0 Å². The lowest BCUT2D eigenvalue weighted by molar-refractivity contribution is 0.0930. The summed E-state index contributed by atoms with van der Waals surface area (Å²) in [4.78, 5) is 17.9. The molecule has 0 aliphatic rings. The van der Waals surface area contributed by atoms with Gasteiger partial charge >= 0.3 is 0 Å². The zero-order valence-electron chi connectivity index (χ0n) is 12.5. The molecule has 122 valence electrons. The summed E-state index contributed by atoms with van der Waals surface area (Å²) in [6.45, 7) is 0. The molecule has 4 nitrogen and oxygen atoms in total. The highest BCUT2D eigenvalue weighted by Gasteiger charge is 2.23. The molecule has 3 rings (SSSR count). The van der Waals surface area contributed by atoms with Crippen LogP contribution in [0.3, 0.4) is 0 Å². The predicted molar refractivity (Wildman–Crippen MR) is 99.7 cm³/mol. The van der Waals surface area contributed by atoms with Crippen LogP contribution in [0.5, 0.6) is 0 Å². The molecule has 0 saturated heterocycles. The molecule has 0 aliphatic carbocycles. The third-order valence-electron chi connectivity index (χ3n) is 3.41. The summed E-state index contributed by atoms with van der Waals surface area (Å²) in [5.41, 5.74) is 0.649. The van der Waals surface area contributed by atoms with Gasteiger partial charge in [-0.3, -0.25) is 4.79 Å². The van der Waals surface area contributed by atoms with E-state index in [4.69, 9.17) is 11.6 Å². The van der Waals surface area contributed by atoms with Crippen LogP contribution in [0.15, 0.2) is 70.6 Å². The first-order valence-electron chi connectivity index (χ1n) is 7.16. The fourth-order valence-corrected chi connectivity index (χ4v) is 3.54. The maximum Gasteiger partial charge on any atom is 0.188 e. The molecule has 0 amide bonds. The van der Waals surface area contributed by atoms with Gasteiger partial charge in [0.15, 0.2) is 5.78 Å².